The van der Waals surface area contributed by atoms with E-state index in [-0.39, 0.29) is 30.0 Å². The van der Waals surface area contributed by atoms with Crippen LogP contribution in [-0.2, 0) is 32.6 Å². The maximum atomic E-state index is 15.4. The molecule has 6 nitrogen and oxygen atoms in total. The van der Waals surface area contributed by atoms with E-state index in [1.54, 1.807) is 27.9 Å². The third-order valence-corrected chi connectivity index (χ3v) is 10.7. The summed E-state index contributed by atoms with van der Waals surface area (Å²) in [5, 5.41) is 6.05. The second-order valence-electron chi connectivity index (χ2n) is 10.3. The van der Waals surface area contributed by atoms with E-state index in [0.29, 0.717) is 21.6 Å². The second kappa shape index (κ2) is 9.50. The zero-order valence-corrected chi connectivity index (χ0v) is 23.3. The van der Waals surface area contributed by atoms with Crippen molar-refractivity contribution in [2.24, 2.45) is 12.5 Å². The minimum absolute atomic E-state index is 0.119. The van der Waals surface area contributed by atoms with Crippen LogP contribution in [0.2, 0.25) is 0 Å². The average molecular weight is 539 g/mol. The number of rotatable bonds is 4. The summed E-state index contributed by atoms with van der Waals surface area (Å²) in [6, 6.07) is 12.8. The molecule has 0 aliphatic carbocycles. The standard InChI is InChI=1S/C28H30FN3O3PS/c1-6-37(34)14-12-25(33)32(17-18-7-9-19(10-8-18)22-11-13-31(5)30-22)23-15-20(21(29)16-24(23)37)26-35-27(36-26)28(2,3)4/h6-11,13,15-16H,12,14,17H2,1-5H3/q+1. The summed E-state index contributed by atoms with van der Waals surface area (Å²) in [7, 11) is -0.00798. The molecule has 0 spiro atoms. The van der Waals surface area contributed by atoms with Crippen LogP contribution >= 0.6 is 7.83 Å². The Morgan fingerprint density at radius 3 is 2.49 bits per heavy atom. The number of carbonyl (C=O) groups excluding carboxylic acids is 1. The number of ether oxygens (including phenoxy) is 1. The number of hydrogen-bond donors (Lipinski definition) is 0. The van der Waals surface area contributed by atoms with E-state index >= 15 is 4.39 Å². The Kier molecular flexibility index (Phi) is 6.63. The molecule has 0 bridgehead atoms. The zero-order valence-electron chi connectivity index (χ0n) is 21.6. The normalized spacial score (nSPS) is 19.7. The van der Waals surface area contributed by atoms with Gasteiger partial charge in [0.2, 0.25) is 0 Å². The van der Waals surface area contributed by atoms with Gasteiger partial charge in [-0.3, -0.25) is 4.68 Å². The van der Waals surface area contributed by atoms with Crippen LogP contribution in [0.4, 0.5) is 10.1 Å². The van der Waals surface area contributed by atoms with Crippen molar-refractivity contribution in [3.05, 3.63) is 65.6 Å². The summed E-state index contributed by atoms with van der Waals surface area (Å²) in [5.41, 5.74) is 4.75. The third-order valence-electron chi connectivity index (χ3n) is 6.59. The first kappa shape index (κ1) is 25.8. The van der Waals surface area contributed by atoms with E-state index in [2.05, 4.69) is 5.10 Å². The van der Waals surface area contributed by atoms with Crippen molar-refractivity contribution in [3.63, 3.8) is 0 Å². The SMILES string of the molecule is CC=S1(=O)CCC(=O)N(Cc2ccc(-c3ccn(C)n3)cc2)c2cc(C3=[P+]=C(C(C)(C)C)O3)c(F)cc21. The molecule has 192 valence electrons. The first-order valence-electron chi connectivity index (χ1n) is 12.2. The van der Waals surface area contributed by atoms with Gasteiger partial charge in [0, 0.05) is 13.2 Å². The number of nitrogens with zero attached hydrogens (tertiary/aromatic N) is 3. The van der Waals surface area contributed by atoms with E-state index in [1.165, 1.54) is 6.07 Å². The Labute approximate surface area is 218 Å². The number of fused-ring (bicyclic) bond motifs is 1. The summed E-state index contributed by atoms with van der Waals surface area (Å²) < 4.78 is 36.8. The number of anilines is 1. The fraction of sp³-hybridized carbons (Fsp3) is 0.321. The summed E-state index contributed by atoms with van der Waals surface area (Å²) >= 11 is 0. The molecule has 0 N–H and O–H groups in total. The van der Waals surface area contributed by atoms with Crippen LogP contribution < -0.4 is 4.90 Å². The summed E-state index contributed by atoms with van der Waals surface area (Å²) in [4.78, 5) is 15.3. The van der Waals surface area contributed by atoms with E-state index in [1.807, 2.05) is 64.3 Å². The van der Waals surface area contributed by atoms with Gasteiger partial charge in [0.25, 0.3) is 0 Å². The molecule has 2 aliphatic heterocycles. The average Bonchev–Trinajstić information content (AvgIpc) is 3.23. The minimum atomic E-state index is -2.71. The Hall–Kier alpha value is -2.80. The van der Waals surface area contributed by atoms with Crippen molar-refractivity contribution in [2.75, 3.05) is 10.7 Å². The van der Waals surface area contributed by atoms with Gasteiger partial charge in [0.1, 0.15) is 0 Å². The summed E-state index contributed by atoms with van der Waals surface area (Å²) in [6.07, 6.45) is 2.01. The van der Waals surface area contributed by atoms with Crippen LogP contribution in [0.1, 0.15) is 45.2 Å². The van der Waals surface area contributed by atoms with Gasteiger partial charge in [-0.15, -0.1) is 0 Å². The summed E-state index contributed by atoms with van der Waals surface area (Å²) in [5.74, 6) is -0.465. The second-order valence-corrected chi connectivity index (χ2v) is 14.1. The van der Waals surface area contributed by atoms with Gasteiger partial charge >= 0.3 is 201 Å². The molecule has 2 aromatic carbocycles. The fourth-order valence-electron chi connectivity index (χ4n) is 4.39. The van der Waals surface area contributed by atoms with Crippen molar-refractivity contribution in [1.29, 1.82) is 0 Å². The van der Waals surface area contributed by atoms with Crippen molar-refractivity contribution in [2.45, 2.75) is 45.6 Å². The molecule has 0 fully saturated rings. The van der Waals surface area contributed by atoms with Crippen LogP contribution in [0.25, 0.3) is 11.3 Å². The Balaban J connectivity index is 1.58. The quantitative estimate of drug-likeness (QED) is 0.336. The fourth-order valence-corrected chi connectivity index (χ4v) is 7.36. The first-order chi connectivity index (χ1) is 17.5. The van der Waals surface area contributed by atoms with Crippen LogP contribution in [-0.4, -0.2) is 42.0 Å². The predicted octanol–water partition coefficient (Wildman–Crippen LogP) is 5.26. The molecule has 37 heavy (non-hydrogen) atoms. The first-order valence-corrected chi connectivity index (χ1v) is 14.9. The van der Waals surface area contributed by atoms with Gasteiger partial charge in [0.05, 0.1) is 0 Å². The van der Waals surface area contributed by atoms with Gasteiger partial charge in [-0.05, 0) is 0 Å². The molecule has 9 heteroatoms. The molecule has 3 aromatic rings. The molecule has 2 aliphatic rings. The number of aromatic nitrogens is 2. The van der Waals surface area contributed by atoms with E-state index in [4.69, 9.17) is 4.74 Å². The van der Waals surface area contributed by atoms with Gasteiger partial charge in [-0.1, -0.05) is 0 Å². The third kappa shape index (κ3) is 4.90. The monoisotopic (exact) mass is 538 g/mol. The molecular formula is C28H30FN3O3PS+. The van der Waals surface area contributed by atoms with Crippen LogP contribution in [0.5, 0.6) is 0 Å². The predicted molar refractivity (Wildman–Crippen MR) is 150 cm³/mol. The number of benzene rings is 2. The molecule has 1 aromatic heterocycles. The van der Waals surface area contributed by atoms with Crippen molar-refractivity contribution < 1.29 is 18.1 Å². The molecule has 1 atom stereocenters. The molecule has 1 amide bonds. The van der Waals surface area contributed by atoms with E-state index in [9.17, 15) is 9.00 Å². The number of carbonyl (C=O) groups is 1. The Morgan fingerprint density at radius 2 is 1.89 bits per heavy atom. The van der Waals surface area contributed by atoms with Gasteiger partial charge < -0.3 is 0 Å². The van der Waals surface area contributed by atoms with Crippen LogP contribution in [0.15, 0.2) is 53.6 Å². The Morgan fingerprint density at radius 1 is 1.19 bits per heavy atom. The van der Waals surface area contributed by atoms with Crippen LogP contribution in [0, 0.1) is 11.2 Å². The molecule has 0 saturated carbocycles. The molecule has 0 radical (unpaired) electrons. The van der Waals surface area contributed by atoms with Crippen molar-refractivity contribution >= 4 is 45.3 Å². The van der Waals surface area contributed by atoms with Crippen molar-refractivity contribution in [1.82, 2.24) is 9.78 Å². The Bertz CT molecular complexity index is 1600. The molecular weight excluding hydrogens is 508 g/mol. The number of halogens is 1. The number of hydrogen-bond acceptors (Lipinski definition) is 4. The maximum absolute atomic E-state index is 15.4. The summed E-state index contributed by atoms with van der Waals surface area (Å²) in [6.45, 7) is 8.13. The van der Waals surface area contributed by atoms with Gasteiger partial charge in [0.15, 0.2) is 0 Å². The topological polar surface area (TPSA) is 64.4 Å². The molecule has 5 rings (SSSR count). The van der Waals surface area contributed by atoms with Gasteiger partial charge in [-0.25, -0.2) is 0 Å². The van der Waals surface area contributed by atoms with E-state index < -0.39 is 15.3 Å². The molecule has 1 unspecified atom stereocenters. The number of amides is 1. The molecule has 3 heterocycles. The van der Waals surface area contributed by atoms with Gasteiger partial charge in [-0.2, -0.15) is 0 Å². The van der Waals surface area contributed by atoms with Crippen LogP contribution in [0.3, 0.4) is 0 Å². The van der Waals surface area contributed by atoms with Crippen molar-refractivity contribution in [3.8, 4) is 11.3 Å². The molecule has 0 saturated heterocycles. The van der Waals surface area contributed by atoms with E-state index in [0.717, 1.165) is 30.1 Å². The zero-order chi connectivity index (χ0) is 26.5. The number of aryl methyl sites for hydroxylation is 1.